The first-order valence-electron chi connectivity index (χ1n) is 10.2. The van der Waals surface area contributed by atoms with Gasteiger partial charge in [0.05, 0.1) is 23.4 Å². The molecule has 0 saturated heterocycles. The van der Waals surface area contributed by atoms with Gasteiger partial charge in [-0.15, -0.1) is 0 Å². The second kappa shape index (κ2) is 8.02. The molecule has 3 N–H and O–H groups in total. The Kier molecular flexibility index (Phi) is 4.92. The van der Waals surface area contributed by atoms with Crippen LogP contribution in [0.4, 0.5) is 11.5 Å². The minimum Gasteiger partial charge on any atom is -0.493 e. The van der Waals surface area contributed by atoms with Crippen LogP contribution in [0, 0.1) is 5.92 Å². The number of pyridine rings is 1. The van der Waals surface area contributed by atoms with Gasteiger partial charge >= 0.3 is 0 Å². The highest BCUT2D eigenvalue weighted by atomic mass is 16.5. The lowest BCUT2D eigenvalue weighted by Gasteiger charge is -2.14. The van der Waals surface area contributed by atoms with Crippen LogP contribution in [0.5, 0.6) is 5.75 Å². The molecule has 1 aliphatic carbocycles. The summed E-state index contributed by atoms with van der Waals surface area (Å²) in [7, 11) is 0. The number of nitrogens with two attached hydrogens (primary N) is 1. The largest absolute Gasteiger partial charge is 0.493 e. The predicted octanol–water partition coefficient (Wildman–Crippen LogP) is 4.32. The molecule has 0 unspecified atom stereocenters. The number of anilines is 2. The molecule has 31 heavy (non-hydrogen) atoms. The van der Waals surface area contributed by atoms with Crippen LogP contribution in [0.15, 0.2) is 67.0 Å². The third kappa shape index (κ3) is 4.16. The van der Waals surface area contributed by atoms with E-state index in [1.807, 2.05) is 36.4 Å². The van der Waals surface area contributed by atoms with E-state index in [1.54, 1.807) is 30.6 Å². The van der Waals surface area contributed by atoms with Gasteiger partial charge in [0.25, 0.3) is 5.91 Å². The van der Waals surface area contributed by atoms with Crippen LogP contribution in [-0.2, 0) is 0 Å². The first-order valence-corrected chi connectivity index (χ1v) is 10.2. The number of carbonyl (C=O) groups excluding carboxylic acids is 1. The lowest BCUT2D eigenvalue weighted by Crippen LogP contribution is -2.13. The highest BCUT2D eigenvalue weighted by molar-refractivity contribution is 6.01. The second-order valence-corrected chi connectivity index (χ2v) is 7.61. The van der Waals surface area contributed by atoms with Crippen LogP contribution in [0.2, 0.25) is 0 Å². The topological polar surface area (TPSA) is 103 Å². The zero-order chi connectivity index (χ0) is 21.2. The van der Waals surface area contributed by atoms with Crippen LogP contribution < -0.4 is 15.8 Å². The normalized spacial score (nSPS) is 13.2. The Morgan fingerprint density at radius 2 is 1.97 bits per heavy atom. The summed E-state index contributed by atoms with van der Waals surface area (Å²) in [4.78, 5) is 25.5. The fourth-order valence-electron chi connectivity index (χ4n) is 3.35. The lowest BCUT2D eigenvalue weighted by molar-refractivity contribution is 0.100. The molecule has 1 saturated carbocycles. The van der Waals surface area contributed by atoms with Crippen LogP contribution >= 0.6 is 0 Å². The Hall–Kier alpha value is -4.00. The molecule has 1 fully saturated rings. The second-order valence-electron chi connectivity index (χ2n) is 7.61. The zero-order valence-electron chi connectivity index (χ0n) is 16.8. The standard InChI is InChI=1S/C24H21N5O2/c25-22(30)18-5-1-2-6-20(18)28-24-19-12-17(31-14-15-7-8-15)9-10-21(19)27-23(29-24)16-4-3-11-26-13-16/h1-6,9-13,15H,7-8,14H2,(H2,25,30)(H,27,28,29). The third-order valence-electron chi connectivity index (χ3n) is 5.22. The third-order valence-corrected chi connectivity index (χ3v) is 5.22. The number of para-hydroxylation sites is 1. The number of amides is 1. The minimum atomic E-state index is -0.512. The SMILES string of the molecule is NC(=O)c1ccccc1Nc1nc(-c2cccnc2)nc2ccc(OCC3CC3)cc12. The Labute approximate surface area is 179 Å². The Morgan fingerprint density at radius 3 is 2.74 bits per heavy atom. The molecule has 1 amide bonds. The van der Waals surface area contributed by atoms with Crippen molar-refractivity contribution in [2.45, 2.75) is 12.8 Å². The maximum absolute atomic E-state index is 11.9. The van der Waals surface area contributed by atoms with Gasteiger partial charge in [-0.1, -0.05) is 12.1 Å². The molecule has 0 aliphatic heterocycles. The van der Waals surface area contributed by atoms with E-state index in [0.29, 0.717) is 35.4 Å². The minimum absolute atomic E-state index is 0.387. The molecular formula is C24H21N5O2. The van der Waals surface area contributed by atoms with Crippen molar-refractivity contribution in [3.63, 3.8) is 0 Å². The van der Waals surface area contributed by atoms with Crippen molar-refractivity contribution in [3.05, 3.63) is 72.6 Å². The summed E-state index contributed by atoms with van der Waals surface area (Å²) >= 11 is 0. The molecule has 0 radical (unpaired) electrons. The zero-order valence-corrected chi connectivity index (χ0v) is 16.8. The van der Waals surface area contributed by atoms with Crippen LogP contribution in [0.3, 0.4) is 0 Å². The predicted molar refractivity (Wildman–Crippen MR) is 119 cm³/mol. The monoisotopic (exact) mass is 411 g/mol. The van der Waals surface area contributed by atoms with Crippen molar-refractivity contribution in [1.82, 2.24) is 15.0 Å². The van der Waals surface area contributed by atoms with E-state index in [-0.39, 0.29) is 0 Å². The lowest BCUT2D eigenvalue weighted by atomic mass is 10.1. The summed E-state index contributed by atoms with van der Waals surface area (Å²) in [6, 6.07) is 16.6. The van der Waals surface area contributed by atoms with Crippen molar-refractivity contribution >= 4 is 28.3 Å². The average molecular weight is 411 g/mol. The van der Waals surface area contributed by atoms with Crippen molar-refractivity contribution < 1.29 is 9.53 Å². The number of carbonyl (C=O) groups is 1. The van der Waals surface area contributed by atoms with E-state index in [0.717, 1.165) is 22.2 Å². The van der Waals surface area contributed by atoms with Crippen molar-refractivity contribution in [2.24, 2.45) is 11.7 Å². The molecule has 4 aromatic rings. The Balaban J connectivity index is 1.61. The number of primary amides is 1. The number of benzene rings is 2. The number of hydrogen-bond donors (Lipinski definition) is 2. The number of aromatic nitrogens is 3. The van der Waals surface area contributed by atoms with Crippen molar-refractivity contribution in [2.75, 3.05) is 11.9 Å². The number of nitrogens with zero attached hydrogens (tertiary/aromatic N) is 3. The van der Waals surface area contributed by atoms with Crippen molar-refractivity contribution in [1.29, 1.82) is 0 Å². The van der Waals surface area contributed by atoms with Gasteiger partial charge < -0.3 is 15.8 Å². The van der Waals surface area contributed by atoms with Gasteiger partial charge in [0.15, 0.2) is 5.82 Å². The van der Waals surface area contributed by atoms with Crippen LogP contribution in [-0.4, -0.2) is 27.5 Å². The van der Waals surface area contributed by atoms with E-state index < -0.39 is 5.91 Å². The fourth-order valence-corrected chi connectivity index (χ4v) is 3.35. The number of hydrogen-bond acceptors (Lipinski definition) is 6. The maximum atomic E-state index is 11.9. The summed E-state index contributed by atoms with van der Waals surface area (Å²) in [5.41, 5.74) is 8.08. The van der Waals surface area contributed by atoms with Gasteiger partial charge in [0.1, 0.15) is 11.6 Å². The highest BCUT2D eigenvalue weighted by Gasteiger charge is 2.22. The quantitative estimate of drug-likeness (QED) is 0.469. The van der Waals surface area contributed by atoms with E-state index >= 15 is 0 Å². The first-order chi connectivity index (χ1) is 15.2. The van der Waals surface area contributed by atoms with Gasteiger partial charge in [-0.2, -0.15) is 0 Å². The molecule has 154 valence electrons. The fraction of sp³-hybridized carbons (Fsp3) is 0.167. The Morgan fingerprint density at radius 1 is 1.10 bits per heavy atom. The van der Waals surface area contributed by atoms with E-state index in [2.05, 4.69) is 10.3 Å². The molecular weight excluding hydrogens is 390 g/mol. The number of fused-ring (bicyclic) bond motifs is 1. The summed E-state index contributed by atoms with van der Waals surface area (Å²) < 4.78 is 5.95. The number of ether oxygens (including phenoxy) is 1. The molecule has 2 aromatic heterocycles. The summed E-state index contributed by atoms with van der Waals surface area (Å²) in [6.45, 7) is 0.716. The summed E-state index contributed by atoms with van der Waals surface area (Å²) in [6.07, 6.45) is 5.87. The molecule has 0 atom stereocenters. The molecule has 7 heteroatoms. The molecule has 2 aromatic carbocycles. The van der Waals surface area contributed by atoms with Crippen molar-refractivity contribution in [3.8, 4) is 17.1 Å². The number of rotatable bonds is 7. The summed E-state index contributed by atoms with van der Waals surface area (Å²) in [5.74, 6) is 2.01. The molecule has 5 rings (SSSR count). The average Bonchev–Trinajstić information content (AvgIpc) is 3.63. The Bertz CT molecular complexity index is 1260. The van der Waals surface area contributed by atoms with Gasteiger partial charge in [0.2, 0.25) is 0 Å². The van der Waals surface area contributed by atoms with Gasteiger partial charge in [0, 0.05) is 23.3 Å². The molecule has 0 bridgehead atoms. The molecule has 7 nitrogen and oxygen atoms in total. The van der Waals surface area contributed by atoms with Gasteiger partial charge in [-0.25, -0.2) is 9.97 Å². The van der Waals surface area contributed by atoms with Crippen LogP contribution in [0.1, 0.15) is 23.2 Å². The molecule has 0 spiro atoms. The van der Waals surface area contributed by atoms with Crippen LogP contribution in [0.25, 0.3) is 22.3 Å². The first kappa shape index (κ1) is 19.0. The van der Waals surface area contributed by atoms with E-state index in [9.17, 15) is 4.79 Å². The molecule has 2 heterocycles. The van der Waals surface area contributed by atoms with E-state index in [4.69, 9.17) is 20.4 Å². The smallest absolute Gasteiger partial charge is 0.250 e. The highest BCUT2D eigenvalue weighted by Crippen LogP contribution is 2.33. The maximum Gasteiger partial charge on any atom is 0.250 e. The van der Waals surface area contributed by atoms with Gasteiger partial charge in [-0.3, -0.25) is 9.78 Å². The van der Waals surface area contributed by atoms with Gasteiger partial charge in [-0.05, 0) is 61.2 Å². The molecule has 1 aliphatic rings. The summed E-state index contributed by atoms with van der Waals surface area (Å²) in [5, 5.41) is 4.08. The number of nitrogens with one attached hydrogen (secondary N) is 1. The van der Waals surface area contributed by atoms with E-state index in [1.165, 1.54) is 12.8 Å².